The second-order valence-electron chi connectivity index (χ2n) is 4.30. The van der Waals surface area contributed by atoms with Crippen molar-refractivity contribution in [1.29, 1.82) is 0 Å². The highest BCUT2D eigenvalue weighted by atomic mass is 32.2. The van der Waals surface area contributed by atoms with Gasteiger partial charge in [-0.1, -0.05) is 0 Å². The smallest absolute Gasteiger partial charge is 0.255 e. The van der Waals surface area contributed by atoms with E-state index in [1.54, 1.807) is 0 Å². The molecule has 0 bridgehead atoms. The Bertz CT molecular complexity index is 638. The molecule has 1 aliphatic rings. The van der Waals surface area contributed by atoms with Gasteiger partial charge in [-0.15, -0.1) is 0 Å². The van der Waals surface area contributed by atoms with Gasteiger partial charge in [0.25, 0.3) is 5.91 Å². The molecule has 0 aromatic carbocycles. The predicted octanol–water partition coefficient (Wildman–Crippen LogP) is -0.0654. The zero-order chi connectivity index (χ0) is 14.0. The van der Waals surface area contributed by atoms with Crippen LogP contribution >= 0.6 is 11.8 Å². The summed E-state index contributed by atoms with van der Waals surface area (Å²) in [5.41, 5.74) is -0.169. The van der Waals surface area contributed by atoms with Crippen LogP contribution in [0.3, 0.4) is 0 Å². The van der Waals surface area contributed by atoms with Crippen LogP contribution in [0.25, 0.3) is 0 Å². The number of carbonyl (C=O) groups excluding carboxylic acids is 1. The normalized spacial score (nSPS) is 20.3. The van der Waals surface area contributed by atoms with E-state index in [1.165, 1.54) is 35.0 Å². The van der Waals surface area contributed by atoms with Crippen LogP contribution in [0.15, 0.2) is 23.1 Å². The highest BCUT2D eigenvalue weighted by Gasteiger charge is 2.34. The summed E-state index contributed by atoms with van der Waals surface area (Å²) in [4.78, 5) is 27.3. The van der Waals surface area contributed by atoms with Gasteiger partial charge in [-0.3, -0.25) is 9.59 Å². The summed E-state index contributed by atoms with van der Waals surface area (Å²) in [6.45, 7) is 0.369. The Balaban J connectivity index is 2.33. The molecule has 1 aromatic heterocycles. The van der Waals surface area contributed by atoms with Crippen LogP contribution in [0.1, 0.15) is 10.4 Å². The third-order valence-electron chi connectivity index (χ3n) is 2.86. The van der Waals surface area contributed by atoms with Gasteiger partial charge < -0.3 is 9.88 Å². The topological polar surface area (TPSA) is 87.3 Å². The van der Waals surface area contributed by atoms with E-state index in [0.717, 1.165) is 6.26 Å². The number of hydrogen-bond donors (Lipinski definition) is 1. The first-order valence-corrected chi connectivity index (χ1v) is 8.77. The van der Waals surface area contributed by atoms with Crippen molar-refractivity contribution in [3.63, 3.8) is 0 Å². The summed E-state index contributed by atoms with van der Waals surface area (Å²) in [5, 5.41) is -0.821. The van der Waals surface area contributed by atoms with Gasteiger partial charge >= 0.3 is 0 Å². The third kappa shape index (κ3) is 3.19. The first kappa shape index (κ1) is 14.1. The van der Waals surface area contributed by atoms with Crippen molar-refractivity contribution in [3.05, 3.63) is 34.2 Å². The molecule has 0 spiro atoms. The minimum atomic E-state index is -3.34. The van der Waals surface area contributed by atoms with Crippen molar-refractivity contribution < 1.29 is 13.2 Å². The average molecular weight is 302 g/mol. The van der Waals surface area contributed by atoms with Crippen molar-refractivity contribution in [2.45, 2.75) is 5.37 Å². The minimum absolute atomic E-state index is 0.212. The molecular weight excluding hydrogens is 288 g/mol. The second kappa shape index (κ2) is 5.38. The molecule has 19 heavy (non-hydrogen) atoms. The Labute approximate surface area is 115 Å². The average Bonchev–Trinajstić information content (AvgIpc) is 2.37. The van der Waals surface area contributed by atoms with Gasteiger partial charge in [0, 0.05) is 42.1 Å². The number of aromatic amines is 1. The van der Waals surface area contributed by atoms with E-state index in [4.69, 9.17) is 0 Å². The number of amides is 1. The van der Waals surface area contributed by atoms with E-state index in [-0.39, 0.29) is 11.1 Å². The number of rotatable bonds is 2. The number of hydrogen-bond acceptors (Lipinski definition) is 5. The van der Waals surface area contributed by atoms with Gasteiger partial charge in [0.1, 0.15) is 5.37 Å². The van der Waals surface area contributed by atoms with Crippen molar-refractivity contribution in [2.24, 2.45) is 0 Å². The van der Waals surface area contributed by atoms with Crippen molar-refractivity contribution in [3.8, 4) is 0 Å². The monoisotopic (exact) mass is 302 g/mol. The molecule has 0 aliphatic carbocycles. The summed E-state index contributed by atoms with van der Waals surface area (Å²) in [6.07, 6.45) is 2.51. The lowest BCUT2D eigenvalue weighted by molar-refractivity contribution is 0.0749. The van der Waals surface area contributed by atoms with Gasteiger partial charge in [-0.2, -0.15) is 11.8 Å². The predicted molar refractivity (Wildman–Crippen MR) is 74.1 cm³/mol. The summed E-state index contributed by atoms with van der Waals surface area (Å²) in [7, 11) is -3.34. The van der Waals surface area contributed by atoms with E-state index in [2.05, 4.69) is 4.98 Å². The summed E-state index contributed by atoms with van der Waals surface area (Å²) < 4.78 is 23.4. The third-order valence-corrected chi connectivity index (χ3v) is 5.50. The molecule has 1 unspecified atom stereocenters. The molecular formula is C11H14N2O4S2. The molecule has 0 saturated carbocycles. The number of pyridine rings is 1. The van der Waals surface area contributed by atoms with Crippen LogP contribution < -0.4 is 5.56 Å². The number of nitrogens with one attached hydrogen (secondary N) is 1. The number of nitrogens with zero attached hydrogens (tertiary/aromatic N) is 1. The molecule has 1 aromatic rings. The number of carbonyl (C=O) groups is 1. The second-order valence-corrected chi connectivity index (χ2v) is 7.65. The van der Waals surface area contributed by atoms with E-state index < -0.39 is 21.1 Å². The van der Waals surface area contributed by atoms with Gasteiger partial charge in [0.2, 0.25) is 5.56 Å². The molecule has 2 heterocycles. The Morgan fingerprint density at radius 1 is 1.53 bits per heavy atom. The SMILES string of the molecule is CS(=O)(=O)C1CSCCN1C(=O)c1cc[nH]c(=O)c1. The van der Waals surface area contributed by atoms with Gasteiger partial charge in [0.15, 0.2) is 9.84 Å². The number of H-pyrrole nitrogens is 1. The van der Waals surface area contributed by atoms with Crippen LogP contribution in [-0.2, 0) is 9.84 Å². The molecule has 1 N–H and O–H groups in total. The molecule has 1 saturated heterocycles. The number of aromatic nitrogens is 1. The van der Waals surface area contributed by atoms with Crippen LogP contribution in [0, 0.1) is 0 Å². The van der Waals surface area contributed by atoms with E-state index in [9.17, 15) is 18.0 Å². The molecule has 6 nitrogen and oxygen atoms in total. The number of thioether (sulfide) groups is 1. The first-order valence-electron chi connectivity index (χ1n) is 5.66. The Morgan fingerprint density at radius 2 is 2.26 bits per heavy atom. The van der Waals surface area contributed by atoms with Crippen molar-refractivity contribution in [1.82, 2.24) is 9.88 Å². The maximum absolute atomic E-state index is 12.3. The molecule has 1 aliphatic heterocycles. The zero-order valence-electron chi connectivity index (χ0n) is 10.3. The summed E-state index contributed by atoms with van der Waals surface area (Å²) in [6, 6.07) is 2.66. The quantitative estimate of drug-likeness (QED) is 0.826. The molecule has 2 rings (SSSR count). The molecule has 1 atom stereocenters. The fourth-order valence-electron chi connectivity index (χ4n) is 1.91. The van der Waals surface area contributed by atoms with E-state index >= 15 is 0 Å². The van der Waals surface area contributed by atoms with Crippen LogP contribution in [0.4, 0.5) is 0 Å². The highest BCUT2D eigenvalue weighted by Crippen LogP contribution is 2.22. The van der Waals surface area contributed by atoms with Crippen molar-refractivity contribution >= 4 is 27.5 Å². The van der Waals surface area contributed by atoms with Gasteiger partial charge in [0.05, 0.1) is 0 Å². The Hall–Kier alpha value is -1.28. The molecule has 0 radical (unpaired) electrons. The molecule has 1 amide bonds. The molecule has 8 heteroatoms. The lowest BCUT2D eigenvalue weighted by Gasteiger charge is -2.34. The summed E-state index contributed by atoms with van der Waals surface area (Å²) >= 11 is 1.51. The Kier molecular flexibility index (Phi) is 4.00. The standard InChI is InChI=1S/C11H14N2O4S2/c1-19(16,17)10-7-18-5-4-13(10)11(15)8-2-3-12-9(14)6-8/h2-3,6,10H,4-5,7H2,1H3,(H,12,14). The maximum Gasteiger partial charge on any atom is 0.255 e. The van der Waals surface area contributed by atoms with Crippen molar-refractivity contribution in [2.75, 3.05) is 24.3 Å². The summed E-state index contributed by atoms with van der Waals surface area (Å²) in [5.74, 6) is 0.649. The van der Waals surface area contributed by atoms with Crippen LogP contribution in [-0.4, -0.2) is 53.9 Å². The lowest BCUT2D eigenvalue weighted by atomic mass is 10.2. The van der Waals surface area contributed by atoms with E-state index in [1.807, 2.05) is 0 Å². The number of sulfone groups is 1. The maximum atomic E-state index is 12.3. The lowest BCUT2D eigenvalue weighted by Crippen LogP contribution is -2.50. The highest BCUT2D eigenvalue weighted by molar-refractivity contribution is 8.00. The zero-order valence-corrected chi connectivity index (χ0v) is 12.0. The fourth-order valence-corrected chi connectivity index (χ4v) is 4.73. The van der Waals surface area contributed by atoms with Gasteiger partial charge in [-0.25, -0.2) is 8.42 Å². The van der Waals surface area contributed by atoms with Crippen LogP contribution in [0.2, 0.25) is 0 Å². The van der Waals surface area contributed by atoms with E-state index in [0.29, 0.717) is 18.1 Å². The fraction of sp³-hybridized carbons (Fsp3) is 0.455. The Morgan fingerprint density at radius 3 is 2.89 bits per heavy atom. The van der Waals surface area contributed by atoms with Gasteiger partial charge in [-0.05, 0) is 6.07 Å². The largest absolute Gasteiger partial charge is 0.329 e. The molecule has 1 fully saturated rings. The first-order chi connectivity index (χ1) is 8.89. The minimum Gasteiger partial charge on any atom is -0.329 e. The molecule has 104 valence electrons. The van der Waals surface area contributed by atoms with Crippen LogP contribution in [0.5, 0.6) is 0 Å².